The third-order valence-electron chi connectivity index (χ3n) is 3.79. The van der Waals surface area contributed by atoms with Crippen molar-refractivity contribution >= 4 is 11.6 Å². The summed E-state index contributed by atoms with van der Waals surface area (Å²) in [6.07, 6.45) is 2.01. The maximum atomic E-state index is 12.6. The van der Waals surface area contributed by atoms with Gasteiger partial charge in [-0.15, -0.1) is 0 Å². The molecule has 0 aromatic heterocycles. The summed E-state index contributed by atoms with van der Waals surface area (Å²) in [5, 5.41) is 3.46. The number of para-hydroxylation sites is 1. The van der Waals surface area contributed by atoms with Crippen LogP contribution in [0.4, 0.5) is 5.69 Å². The first-order valence-electron chi connectivity index (χ1n) is 7.26. The zero-order valence-electron chi connectivity index (χ0n) is 12.1. The molecule has 104 valence electrons. The highest BCUT2D eigenvalue weighted by atomic mass is 16.2. The Morgan fingerprint density at radius 3 is 2.95 bits per heavy atom. The average molecular weight is 260 g/mol. The van der Waals surface area contributed by atoms with E-state index >= 15 is 0 Å². The fourth-order valence-electron chi connectivity index (χ4n) is 2.68. The minimum Gasteiger partial charge on any atom is -0.310 e. The van der Waals surface area contributed by atoms with Gasteiger partial charge in [0.2, 0.25) is 5.91 Å². The van der Waals surface area contributed by atoms with Gasteiger partial charge in [0.25, 0.3) is 0 Å². The lowest BCUT2D eigenvalue weighted by Crippen LogP contribution is -2.42. The quantitative estimate of drug-likeness (QED) is 0.906. The number of fused-ring (bicyclic) bond motifs is 1. The summed E-state index contributed by atoms with van der Waals surface area (Å²) in [6, 6.07) is 8.54. The number of hydrogen-bond acceptors (Lipinski definition) is 2. The van der Waals surface area contributed by atoms with E-state index in [4.69, 9.17) is 0 Å². The van der Waals surface area contributed by atoms with Crippen LogP contribution >= 0.6 is 0 Å². The van der Waals surface area contributed by atoms with Crippen LogP contribution in [0, 0.1) is 5.92 Å². The summed E-state index contributed by atoms with van der Waals surface area (Å²) in [5.41, 5.74) is 2.29. The van der Waals surface area contributed by atoms with Gasteiger partial charge in [-0.1, -0.05) is 38.5 Å². The Morgan fingerprint density at radius 2 is 2.21 bits per heavy atom. The van der Waals surface area contributed by atoms with Crippen LogP contribution in [0.25, 0.3) is 0 Å². The highest BCUT2D eigenvalue weighted by Gasteiger charge is 2.26. The van der Waals surface area contributed by atoms with E-state index in [1.165, 1.54) is 5.56 Å². The van der Waals surface area contributed by atoms with Crippen molar-refractivity contribution in [3.63, 3.8) is 0 Å². The number of hydrogen-bond donors (Lipinski definition) is 1. The second-order valence-electron chi connectivity index (χ2n) is 5.55. The van der Waals surface area contributed by atoms with Gasteiger partial charge in [-0.2, -0.15) is 0 Å². The predicted molar refractivity (Wildman–Crippen MR) is 79.2 cm³/mol. The van der Waals surface area contributed by atoms with Gasteiger partial charge in [-0.25, -0.2) is 0 Å². The highest BCUT2D eigenvalue weighted by Crippen LogP contribution is 2.25. The topological polar surface area (TPSA) is 32.3 Å². The van der Waals surface area contributed by atoms with Crippen LogP contribution in [0.2, 0.25) is 0 Å². The van der Waals surface area contributed by atoms with Gasteiger partial charge in [0, 0.05) is 30.7 Å². The Morgan fingerprint density at radius 1 is 1.47 bits per heavy atom. The Labute approximate surface area is 116 Å². The lowest BCUT2D eigenvalue weighted by Gasteiger charge is -2.27. The zero-order chi connectivity index (χ0) is 13.8. The fourth-order valence-corrected chi connectivity index (χ4v) is 2.68. The largest absolute Gasteiger partial charge is 0.310 e. The molecule has 1 aliphatic heterocycles. The molecule has 2 rings (SSSR count). The van der Waals surface area contributed by atoms with Gasteiger partial charge >= 0.3 is 0 Å². The number of anilines is 1. The first-order valence-corrected chi connectivity index (χ1v) is 7.26. The molecule has 3 nitrogen and oxygen atoms in total. The van der Waals surface area contributed by atoms with Crippen LogP contribution in [0.5, 0.6) is 0 Å². The van der Waals surface area contributed by atoms with E-state index in [0.717, 1.165) is 31.6 Å². The molecule has 0 fully saturated rings. The van der Waals surface area contributed by atoms with Crippen molar-refractivity contribution in [2.24, 2.45) is 5.92 Å². The van der Waals surface area contributed by atoms with E-state index < -0.39 is 0 Å². The molecular formula is C16H24N2O. The number of carbonyl (C=O) groups is 1. The Balaban J connectivity index is 2.29. The van der Waals surface area contributed by atoms with Crippen molar-refractivity contribution in [3.8, 4) is 0 Å². The third-order valence-corrected chi connectivity index (χ3v) is 3.79. The van der Waals surface area contributed by atoms with Gasteiger partial charge in [-0.3, -0.25) is 4.79 Å². The van der Waals surface area contributed by atoms with Gasteiger partial charge < -0.3 is 10.2 Å². The van der Waals surface area contributed by atoms with E-state index in [0.29, 0.717) is 6.04 Å². The smallest absolute Gasteiger partial charge is 0.229 e. The van der Waals surface area contributed by atoms with Crippen molar-refractivity contribution in [3.05, 3.63) is 29.8 Å². The molecule has 0 saturated carbocycles. The molecule has 0 saturated heterocycles. The van der Waals surface area contributed by atoms with E-state index in [9.17, 15) is 4.79 Å². The van der Waals surface area contributed by atoms with Crippen LogP contribution in [-0.4, -0.2) is 18.5 Å². The monoisotopic (exact) mass is 260 g/mol. The summed E-state index contributed by atoms with van der Waals surface area (Å²) < 4.78 is 0. The number of rotatable bonds is 3. The Bertz CT molecular complexity index is 444. The predicted octanol–water partition coefficient (Wildman–Crippen LogP) is 2.95. The van der Waals surface area contributed by atoms with E-state index in [1.807, 2.05) is 24.0 Å². The second kappa shape index (κ2) is 6.20. The summed E-state index contributed by atoms with van der Waals surface area (Å²) in [5.74, 6) is 0.355. The van der Waals surface area contributed by atoms with Gasteiger partial charge in [0.15, 0.2) is 0 Å². The van der Waals surface area contributed by atoms with Crippen molar-refractivity contribution in [2.45, 2.75) is 46.2 Å². The molecule has 2 unspecified atom stereocenters. The number of nitrogens with one attached hydrogen (secondary N) is 1. The molecule has 0 radical (unpaired) electrons. The normalized spacial score (nSPS) is 20.6. The molecule has 0 spiro atoms. The van der Waals surface area contributed by atoms with Crippen LogP contribution < -0.4 is 10.2 Å². The average Bonchev–Trinajstić information content (AvgIpc) is 2.58. The summed E-state index contributed by atoms with van der Waals surface area (Å²) in [4.78, 5) is 14.6. The van der Waals surface area contributed by atoms with Crippen molar-refractivity contribution < 1.29 is 4.79 Å². The molecule has 3 heteroatoms. The van der Waals surface area contributed by atoms with Crippen molar-refractivity contribution in [1.82, 2.24) is 5.32 Å². The minimum absolute atomic E-state index is 0.100. The number of nitrogens with zero attached hydrogens (tertiary/aromatic N) is 1. The van der Waals surface area contributed by atoms with Crippen LogP contribution in [0.3, 0.4) is 0 Å². The minimum atomic E-state index is 0.100. The van der Waals surface area contributed by atoms with Gasteiger partial charge in [0.05, 0.1) is 0 Å². The highest BCUT2D eigenvalue weighted by molar-refractivity contribution is 5.95. The van der Waals surface area contributed by atoms with Gasteiger partial charge in [-0.05, 0) is 25.0 Å². The molecule has 1 aliphatic rings. The van der Waals surface area contributed by atoms with Crippen molar-refractivity contribution in [1.29, 1.82) is 0 Å². The second-order valence-corrected chi connectivity index (χ2v) is 5.55. The SMILES string of the molecule is CCCC(C)C(=O)N1CC(C)NCc2ccccc21. The molecule has 19 heavy (non-hydrogen) atoms. The Hall–Kier alpha value is -1.35. The molecule has 0 aliphatic carbocycles. The fraction of sp³-hybridized carbons (Fsp3) is 0.562. The molecule has 1 heterocycles. The van der Waals surface area contributed by atoms with Crippen molar-refractivity contribution in [2.75, 3.05) is 11.4 Å². The number of carbonyl (C=O) groups excluding carboxylic acids is 1. The van der Waals surface area contributed by atoms with Crippen LogP contribution in [0.15, 0.2) is 24.3 Å². The molecule has 2 atom stereocenters. The molecule has 1 aromatic carbocycles. The summed E-state index contributed by atoms with van der Waals surface area (Å²) >= 11 is 0. The standard InChI is InChI=1S/C16H24N2O/c1-4-7-12(2)16(19)18-11-13(3)17-10-14-8-5-6-9-15(14)18/h5-6,8-9,12-13,17H,4,7,10-11H2,1-3H3. The molecule has 1 N–H and O–H groups in total. The maximum Gasteiger partial charge on any atom is 0.229 e. The lowest BCUT2D eigenvalue weighted by molar-refractivity contribution is -0.122. The molecule has 1 aromatic rings. The van der Waals surface area contributed by atoms with Crippen LogP contribution in [-0.2, 0) is 11.3 Å². The maximum absolute atomic E-state index is 12.6. The molecule has 0 bridgehead atoms. The lowest BCUT2D eigenvalue weighted by atomic mass is 10.0. The molecular weight excluding hydrogens is 236 g/mol. The van der Waals surface area contributed by atoms with Crippen LogP contribution in [0.1, 0.15) is 39.2 Å². The third kappa shape index (κ3) is 3.16. The number of amides is 1. The van der Waals surface area contributed by atoms with E-state index in [1.54, 1.807) is 0 Å². The van der Waals surface area contributed by atoms with Gasteiger partial charge in [0.1, 0.15) is 0 Å². The summed E-state index contributed by atoms with van der Waals surface area (Å²) in [6.45, 7) is 7.89. The number of benzene rings is 1. The zero-order valence-corrected chi connectivity index (χ0v) is 12.1. The first-order chi connectivity index (χ1) is 9.13. The Kier molecular flexibility index (Phi) is 4.59. The van der Waals surface area contributed by atoms with E-state index in [2.05, 4.69) is 31.3 Å². The van der Waals surface area contributed by atoms with E-state index in [-0.39, 0.29) is 11.8 Å². The summed E-state index contributed by atoms with van der Waals surface area (Å²) in [7, 11) is 0. The molecule has 1 amide bonds. The first kappa shape index (κ1) is 14.1.